The molecule has 0 amide bonds. The molecule has 0 saturated carbocycles. The first kappa shape index (κ1) is 15.4. The average molecular weight is 308 g/mol. The highest BCUT2D eigenvalue weighted by molar-refractivity contribution is 7.92. The van der Waals surface area contributed by atoms with Crippen LogP contribution in [0.1, 0.15) is 25.3 Å². The molecule has 114 valence electrons. The molecular weight excluding hydrogens is 288 g/mol. The van der Waals surface area contributed by atoms with Crippen molar-refractivity contribution in [2.45, 2.75) is 31.2 Å². The van der Waals surface area contributed by atoms with Crippen LogP contribution in [0.4, 0.5) is 11.5 Å². The maximum atomic E-state index is 12.3. The van der Waals surface area contributed by atoms with Gasteiger partial charge in [-0.2, -0.15) is 8.42 Å². The van der Waals surface area contributed by atoms with E-state index in [9.17, 15) is 8.42 Å². The molecule has 0 radical (unpaired) electrons. The summed E-state index contributed by atoms with van der Waals surface area (Å²) >= 11 is 0. The van der Waals surface area contributed by atoms with Crippen LogP contribution in [0.2, 0.25) is 0 Å². The van der Waals surface area contributed by atoms with E-state index in [0.717, 1.165) is 19.3 Å². The van der Waals surface area contributed by atoms with E-state index in [1.165, 1.54) is 16.5 Å². The Bertz CT molecular complexity index is 686. The highest BCUT2D eigenvalue weighted by Gasteiger charge is 2.22. The van der Waals surface area contributed by atoms with Crippen molar-refractivity contribution in [1.82, 2.24) is 9.55 Å². The van der Waals surface area contributed by atoms with E-state index in [1.807, 2.05) is 12.1 Å². The highest BCUT2D eigenvalue weighted by Crippen LogP contribution is 2.20. The lowest BCUT2D eigenvalue weighted by Crippen LogP contribution is -2.17. The van der Waals surface area contributed by atoms with Gasteiger partial charge >= 0.3 is 0 Å². The number of anilines is 2. The van der Waals surface area contributed by atoms with Gasteiger partial charge in [0.15, 0.2) is 10.8 Å². The number of imidazole rings is 1. The zero-order chi connectivity index (χ0) is 15.5. The summed E-state index contributed by atoms with van der Waals surface area (Å²) in [5.41, 5.74) is 7.31. The van der Waals surface area contributed by atoms with E-state index in [4.69, 9.17) is 5.73 Å². The van der Waals surface area contributed by atoms with Gasteiger partial charge in [-0.25, -0.2) is 4.98 Å². The van der Waals surface area contributed by atoms with Crippen molar-refractivity contribution in [1.29, 1.82) is 0 Å². The number of aromatic nitrogens is 2. The third kappa shape index (κ3) is 3.55. The summed E-state index contributed by atoms with van der Waals surface area (Å²) < 4.78 is 28.5. The topological polar surface area (TPSA) is 90.0 Å². The molecule has 7 heteroatoms. The lowest BCUT2D eigenvalue weighted by molar-refractivity contribution is 0.592. The predicted molar refractivity (Wildman–Crippen MR) is 83.5 cm³/mol. The summed E-state index contributed by atoms with van der Waals surface area (Å²) in [4.78, 5) is 3.79. The molecule has 21 heavy (non-hydrogen) atoms. The molecular formula is C14H20N4O2S. The summed E-state index contributed by atoms with van der Waals surface area (Å²) in [6, 6.07) is 7.38. The van der Waals surface area contributed by atoms with E-state index in [1.54, 1.807) is 19.2 Å². The minimum atomic E-state index is -3.74. The molecule has 0 fully saturated rings. The van der Waals surface area contributed by atoms with Crippen LogP contribution in [0.5, 0.6) is 0 Å². The second-order valence-electron chi connectivity index (χ2n) is 4.95. The fourth-order valence-electron chi connectivity index (χ4n) is 2.09. The number of sulfonamides is 1. The molecule has 0 unspecified atom stereocenters. The molecule has 6 nitrogen and oxygen atoms in total. The first-order valence-corrected chi connectivity index (χ1v) is 8.31. The normalized spacial score (nSPS) is 11.5. The molecule has 0 aliphatic rings. The number of hydrogen-bond donors (Lipinski definition) is 2. The van der Waals surface area contributed by atoms with Crippen LogP contribution in [0.3, 0.4) is 0 Å². The largest absolute Gasteiger partial charge is 0.381 e. The molecule has 0 spiro atoms. The predicted octanol–water partition coefficient (Wildman–Crippen LogP) is 2.15. The van der Waals surface area contributed by atoms with Gasteiger partial charge in [0.1, 0.15) is 0 Å². The Morgan fingerprint density at radius 3 is 2.48 bits per heavy atom. The molecule has 0 bridgehead atoms. The van der Waals surface area contributed by atoms with E-state index in [-0.39, 0.29) is 10.8 Å². The average Bonchev–Trinajstić information content (AvgIpc) is 2.77. The second-order valence-corrected chi connectivity index (χ2v) is 6.55. The minimum absolute atomic E-state index is 0.00966. The molecule has 3 N–H and O–H groups in total. The van der Waals surface area contributed by atoms with Gasteiger partial charge in [0.05, 0.1) is 6.33 Å². The van der Waals surface area contributed by atoms with Crippen LogP contribution in [0, 0.1) is 0 Å². The minimum Gasteiger partial charge on any atom is -0.381 e. The highest BCUT2D eigenvalue weighted by atomic mass is 32.2. The number of hydrogen-bond acceptors (Lipinski definition) is 4. The Labute approximate surface area is 125 Å². The van der Waals surface area contributed by atoms with Crippen LogP contribution in [0.25, 0.3) is 0 Å². The first-order chi connectivity index (χ1) is 9.94. The molecule has 1 heterocycles. The van der Waals surface area contributed by atoms with Crippen molar-refractivity contribution in [3.8, 4) is 0 Å². The van der Waals surface area contributed by atoms with Gasteiger partial charge in [0.2, 0.25) is 0 Å². The van der Waals surface area contributed by atoms with Crippen molar-refractivity contribution in [2.24, 2.45) is 7.05 Å². The van der Waals surface area contributed by atoms with E-state index >= 15 is 0 Å². The molecule has 0 saturated heterocycles. The van der Waals surface area contributed by atoms with Gasteiger partial charge in [-0.05, 0) is 30.5 Å². The summed E-state index contributed by atoms with van der Waals surface area (Å²) in [6.45, 7) is 2.14. The number of nitrogens with zero attached hydrogens (tertiary/aromatic N) is 2. The van der Waals surface area contributed by atoms with Crippen molar-refractivity contribution in [3.63, 3.8) is 0 Å². The lowest BCUT2D eigenvalue weighted by atomic mass is 10.1. The summed E-state index contributed by atoms with van der Waals surface area (Å²) in [6.07, 6.45) is 4.63. The Morgan fingerprint density at radius 2 is 1.95 bits per heavy atom. The van der Waals surface area contributed by atoms with Gasteiger partial charge in [0, 0.05) is 12.7 Å². The Hall–Kier alpha value is -2.02. The lowest BCUT2D eigenvalue weighted by Gasteiger charge is -2.09. The molecule has 2 rings (SSSR count). The third-order valence-corrected chi connectivity index (χ3v) is 4.70. The van der Waals surface area contributed by atoms with E-state index in [2.05, 4.69) is 16.6 Å². The van der Waals surface area contributed by atoms with Gasteiger partial charge in [0.25, 0.3) is 10.0 Å². The standard InChI is InChI=1S/C14H20N4O2S/c1-3-4-5-11-6-8-12(9-7-11)17-21(19,20)14-13(15)16-10-18(14)2/h6-10,17H,3-5,15H2,1-2H3. The zero-order valence-corrected chi connectivity index (χ0v) is 13.0. The third-order valence-electron chi connectivity index (χ3n) is 3.19. The van der Waals surface area contributed by atoms with Crippen molar-refractivity contribution >= 4 is 21.5 Å². The summed E-state index contributed by atoms with van der Waals surface area (Å²) in [7, 11) is -2.15. The maximum absolute atomic E-state index is 12.3. The molecule has 0 aliphatic heterocycles. The van der Waals surface area contributed by atoms with Crippen molar-refractivity contribution in [2.75, 3.05) is 10.5 Å². The zero-order valence-electron chi connectivity index (χ0n) is 12.2. The number of nitrogen functional groups attached to an aromatic ring is 1. The van der Waals surface area contributed by atoms with E-state index < -0.39 is 10.0 Å². The van der Waals surface area contributed by atoms with Gasteiger partial charge in [-0.3, -0.25) is 4.72 Å². The van der Waals surface area contributed by atoms with Gasteiger partial charge in [-0.1, -0.05) is 25.5 Å². The monoisotopic (exact) mass is 308 g/mol. The molecule has 0 aliphatic carbocycles. The number of nitrogens with one attached hydrogen (secondary N) is 1. The maximum Gasteiger partial charge on any atom is 0.281 e. The summed E-state index contributed by atoms with van der Waals surface area (Å²) in [5, 5.41) is -0.0300. The first-order valence-electron chi connectivity index (χ1n) is 6.82. The Morgan fingerprint density at radius 1 is 1.29 bits per heavy atom. The van der Waals surface area contributed by atoms with Crippen molar-refractivity contribution < 1.29 is 8.42 Å². The van der Waals surface area contributed by atoms with Gasteiger partial charge in [-0.15, -0.1) is 0 Å². The number of nitrogens with two attached hydrogens (primary N) is 1. The van der Waals surface area contributed by atoms with Crippen LogP contribution >= 0.6 is 0 Å². The van der Waals surface area contributed by atoms with E-state index in [0.29, 0.717) is 5.69 Å². The van der Waals surface area contributed by atoms with Crippen LogP contribution < -0.4 is 10.5 Å². The Balaban J connectivity index is 2.17. The number of unbranched alkanes of at least 4 members (excludes halogenated alkanes) is 1. The fourth-order valence-corrected chi connectivity index (χ4v) is 3.39. The van der Waals surface area contributed by atoms with Crippen LogP contribution in [-0.4, -0.2) is 18.0 Å². The van der Waals surface area contributed by atoms with Crippen molar-refractivity contribution in [3.05, 3.63) is 36.2 Å². The molecule has 1 aromatic heterocycles. The van der Waals surface area contributed by atoms with Crippen LogP contribution in [-0.2, 0) is 23.5 Å². The smallest absolute Gasteiger partial charge is 0.281 e. The summed E-state index contributed by atoms with van der Waals surface area (Å²) in [5.74, 6) is -0.00966. The van der Waals surface area contributed by atoms with Gasteiger partial charge < -0.3 is 10.3 Å². The molecule has 0 atom stereocenters. The van der Waals surface area contributed by atoms with Crippen LogP contribution in [0.15, 0.2) is 35.6 Å². The fraction of sp³-hybridized carbons (Fsp3) is 0.357. The second kappa shape index (κ2) is 6.17. The quantitative estimate of drug-likeness (QED) is 0.855. The number of rotatable bonds is 6. The molecule has 2 aromatic rings. The Kier molecular flexibility index (Phi) is 4.52. The number of aryl methyl sites for hydroxylation is 2. The number of benzene rings is 1. The SMILES string of the molecule is CCCCc1ccc(NS(=O)(=O)c2c(N)ncn2C)cc1. The molecule has 1 aromatic carbocycles.